The summed E-state index contributed by atoms with van der Waals surface area (Å²) < 4.78 is 13.2. The minimum absolute atomic E-state index is 0.114. The van der Waals surface area contributed by atoms with E-state index in [1.54, 1.807) is 6.07 Å². The van der Waals surface area contributed by atoms with E-state index in [9.17, 15) is 4.39 Å². The molecule has 12 heavy (non-hydrogen) atoms. The van der Waals surface area contributed by atoms with E-state index in [0.29, 0.717) is 5.02 Å². The molecule has 1 aliphatic carbocycles. The van der Waals surface area contributed by atoms with Crippen molar-refractivity contribution in [1.82, 2.24) is 0 Å². The molecule has 0 heterocycles. The lowest BCUT2D eigenvalue weighted by Gasteiger charge is -2.06. The molecule has 0 nitrogen and oxygen atoms in total. The van der Waals surface area contributed by atoms with Gasteiger partial charge in [-0.25, -0.2) is 4.39 Å². The predicted octanol–water partition coefficient (Wildman–Crippen LogP) is 3.40. The molecular formula is C9H8ClFS. The number of benzene rings is 1. The Morgan fingerprint density at radius 1 is 1.50 bits per heavy atom. The maximum absolute atomic E-state index is 13.2. The number of hydrogen-bond donors (Lipinski definition) is 1. The highest BCUT2D eigenvalue weighted by Crippen LogP contribution is 2.41. The van der Waals surface area contributed by atoms with Gasteiger partial charge in [-0.2, -0.15) is 12.6 Å². The fourth-order valence-corrected chi connectivity index (χ4v) is 2.46. The van der Waals surface area contributed by atoms with E-state index in [4.69, 9.17) is 11.6 Å². The third kappa shape index (κ3) is 1.14. The normalized spacial score (nSPS) is 21.1. The first kappa shape index (κ1) is 8.39. The average Bonchev–Trinajstić information content (AvgIpc) is 2.42. The molecule has 0 bridgehead atoms. The van der Waals surface area contributed by atoms with Crippen LogP contribution in [-0.2, 0) is 6.42 Å². The van der Waals surface area contributed by atoms with Crippen LogP contribution in [0.25, 0.3) is 0 Å². The van der Waals surface area contributed by atoms with Crippen LogP contribution < -0.4 is 0 Å². The van der Waals surface area contributed by atoms with Crippen molar-refractivity contribution in [2.24, 2.45) is 0 Å². The van der Waals surface area contributed by atoms with Crippen LogP contribution in [0.15, 0.2) is 12.1 Å². The topological polar surface area (TPSA) is 0 Å². The zero-order chi connectivity index (χ0) is 8.72. The van der Waals surface area contributed by atoms with Crippen molar-refractivity contribution in [1.29, 1.82) is 0 Å². The lowest BCUT2D eigenvalue weighted by atomic mass is 10.1. The van der Waals surface area contributed by atoms with Crippen molar-refractivity contribution < 1.29 is 4.39 Å². The molecular weight excluding hydrogens is 195 g/mol. The molecule has 0 aromatic heterocycles. The molecule has 0 aliphatic heterocycles. The highest BCUT2D eigenvalue weighted by Gasteiger charge is 2.24. The van der Waals surface area contributed by atoms with Crippen LogP contribution >= 0.6 is 24.2 Å². The Hall–Kier alpha value is -0.210. The zero-order valence-electron chi connectivity index (χ0n) is 6.35. The van der Waals surface area contributed by atoms with E-state index in [2.05, 4.69) is 12.6 Å². The molecule has 0 amide bonds. The largest absolute Gasteiger partial charge is 0.207 e. The number of hydrogen-bond acceptors (Lipinski definition) is 1. The molecule has 0 N–H and O–H groups in total. The van der Waals surface area contributed by atoms with Gasteiger partial charge in [-0.1, -0.05) is 11.6 Å². The van der Waals surface area contributed by atoms with Crippen LogP contribution in [0.2, 0.25) is 5.02 Å². The number of halogens is 2. The monoisotopic (exact) mass is 202 g/mol. The van der Waals surface area contributed by atoms with Crippen LogP contribution in [0.5, 0.6) is 0 Å². The smallest absolute Gasteiger partial charge is 0.126 e. The van der Waals surface area contributed by atoms with Gasteiger partial charge in [0.15, 0.2) is 0 Å². The fraction of sp³-hybridized carbons (Fsp3) is 0.333. The first-order chi connectivity index (χ1) is 5.70. The van der Waals surface area contributed by atoms with Gasteiger partial charge < -0.3 is 0 Å². The summed E-state index contributed by atoms with van der Waals surface area (Å²) in [4.78, 5) is 0. The summed E-state index contributed by atoms with van der Waals surface area (Å²) in [7, 11) is 0. The molecule has 0 radical (unpaired) electrons. The Bertz CT molecular complexity index is 325. The van der Waals surface area contributed by atoms with Crippen molar-refractivity contribution in [2.75, 3.05) is 0 Å². The second-order valence-electron chi connectivity index (χ2n) is 2.98. The minimum atomic E-state index is -0.147. The summed E-state index contributed by atoms with van der Waals surface area (Å²) >= 11 is 10.3. The van der Waals surface area contributed by atoms with Crippen LogP contribution in [0.1, 0.15) is 22.8 Å². The van der Waals surface area contributed by atoms with Gasteiger partial charge >= 0.3 is 0 Å². The average molecular weight is 203 g/mol. The third-order valence-electron chi connectivity index (χ3n) is 2.25. The molecule has 0 saturated heterocycles. The van der Waals surface area contributed by atoms with Crippen LogP contribution in [0, 0.1) is 5.82 Å². The van der Waals surface area contributed by atoms with Gasteiger partial charge in [0.25, 0.3) is 0 Å². The first-order valence-electron chi connectivity index (χ1n) is 3.85. The van der Waals surface area contributed by atoms with Gasteiger partial charge in [0, 0.05) is 10.3 Å². The van der Waals surface area contributed by atoms with E-state index < -0.39 is 0 Å². The maximum atomic E-state index is 13.2. The van der Waals surface area contributed by atoms with E-state index in [1.807, 2.05) is 0 Å². The molecule has 1 aromatic rings. The Balaban J connectivity index is 2.64. The SMILES string of the molecule is Fc1ccc(Cl)c2c1CCC2S. The Kier molecular flexibility index (Phi) is 2.05. The Morgan fingerprint density at radius 2 is 2.25 bits per heavy atom. The lowest BCUT2D eigenvalue weighted by Crippen LogP contribution is -1.89. The van der Waals surface area contributed by atoms with E-state index in [0.717, 1.165) is 24.0 Å². The Morgan fingerprint density at radius 3 is 2.92 bits per heavy atom. The molecule has 0 saturated carbocycles. The van der Waals surface area contributed by atoms with Gasteiger partial charge in [0.1, 0.15) is 5.82 Å². The van der Waals surface area contributed by atoms with Gasteiger partial charge in [0.05, 0.1) is 0 Å². The number of fused-ring (bicyclic) bond motifs is 1. The highest BCUT2D eigenvalue weighted by atomic mass is 35.5. The molecule has 1 unspecified atom stereocenters. The quantitative estimate of drug-likeness (QED) is 0.613. The summed E-state index contributed by atoms with van der Waals surface area (Å²) in [6.45, 7) is 0. The Labute approximate surface area is 81.1 Å². The first-order valence-corrected chi connectivity index (χ1v) is 4.74. The van der Waals surface area contributed by atoms with Crippen molar-refractivity contribution in [3.05, 3.63) is 34.1 Å². The molecule has 1 atom stereocenters. The second kappa shape index (κ2) is 2.93. The minimum Gasteiger partial charge on any atom is -0.207 e. The van der Waals surface area contributed by atoms with E-state index in [-0.39, 0.29) is 11.1 Å². The third-order valence-corrected chi connectivity index (χ3v) is 3.09. The fourth-order valence-electron chi connectivity index (χ4n) is 1.65. The summed E-state index contributed by atoms with van der Waals surface area (Å²) in [6.07, 6.45) is 1.65. The van der Waals surface area contributed by atoms with Gasteiger partial charge in [-0.3, -0.25) is 0 Å². The van der Waals surface area contributed by atoms with Crippen molar-refractivity contribution >= 4 is 24.2 Å². The molecule has 3 heteroatoms. The lowest BCUT2D eigenvalue weighted by molar-refractivity contribution is 0.613. The molecule has 64 valence electrons. The molecule has 1 aromatic carbocycles. The summed E-state index contributed by atoms with van der Waals surface area (Å²) in [6, 6.07) is 3.03. The maximum Gasteiger partial charge on any atom is 0.126 e. The molecule has 1 aliphatic rings. The van der Waals surface area contributed by atoms with Crippen molar-refractivity contribution in [3.63, 3.8) is 0 Å². The molecule has 2 rings (SSSR count). The highest BCUT2D eigenvalue weighted by molar-refractivity contribution is 7.80. The van der Waals surface area contributed by atoms with Crippen LogP contribution in [0.3, 0.4) is 0 Å². The van der Waals surface area contributed by atoms with Crippen LogP contribution in [0.4, 0.5) is 4.39 Å². The second-order valence-corrected chi connectivity index (χ2v) is 4.01. The molecule has 0 spiro atoms. The zero-order valence-corrected chi connectivity index (χ0v) is 8.00. The van der Waals surface area contributed by atoms with Gasteiger partial charge in [-0.15, -0.1) is 0 Å². The van der Waals surface area contributed by atoms with Gasteiger partial charge in [0.2, 0.25) is 0 Å². The van der Waals surface area contributed by atoms with Gasteiger partial charge in [-0.05, 0) is 36.1 Å². The number of thiol groups is 1. The van der Waals surface area contributed by atoms with Crippen molar-refractivity contribution in [2.45, 2.75) is 18.1 Å². The summed E-state index contributed by atoms with van der Waals surface area (Å²) in [5, 5.41) is 0.757. The van der Waals surface area contributed by atoms with E-state index >= 15 is 0 Å². The summed E-state index contributed by atoms with van der Waals surface area (Å²) in [5.74, 6) is -0.147. The predicted molar refractivity (Wildman–Crippen MR) is 51.5 cm³/mol. The molecule has 0 fully saturated rings. The standard InChI is InChI=1S/C9H8ClFS/c10-6-2-3-7(11)5-1-4-8(12)9(5)6/h2-3,8,12H,1,4H2. The summed E-state index contributed by atoms with van der Waals surface area (Å²) in [5.41, 5.74) is 1.64. The number of rotatable bonds is 0. The van der Waals surface area contributed by atoms with Crippen LogP contribution in [-0.4, -0.2) is 0 Å². The van der Waals surface area contributed by atoms with E-state index in [1.165, 1.54) is 6.07 Å². The van der Waals surface area contributed by atoms with Crippen molar-refractivity contribution in [3.8, 4) is 0 Å².